The molecule has 0 bridgehead atoms. The largest absolute Gasteiger partial charge is 0.530 e. The van der Waals surface area contributed by atoms with E-state index in [9.17, 15) is 0 Å². The van der Waals surface area contributed by atoms with Crippen molar-refractivity contribution in [3.8, 4) is 51.7 Å². The topological polar surface area (TPSA) is 55.4 Å². The molecule has 0 N–H and O–H groups in total. The van der Waals surface area contributed by atoms with Crippen molar-refractivity contribution in [2.75, 3.05) is 0 Å². The van der Waals surface area contributed by atoms with E-state index < -0.39 is 8.60 Å². The normalized spacial score (nSPS) is 10.5. The lowest BCUT2D eigenvalue weighted by Crippen LogP contribution is -2.02. The van der Waals surface area contributed by atoms with Gasteiger partial charge in [0.05, 0.1) is 0 Å². The second-order valence-electron chi connectivity index (χ2n) is 9.16. The molecule has 43 heavy (non-hydrogen) atoms. The van der Waals surface area contributed by atoms with Crippen molar-refractivity contribution in [2.24, 2.45) is 0 Å². The van der Waals surface area contributed by atoms with E-state index in [-0.39, 0.29) is 0 Å². The molecule has 0 spiro atoms. The fourth-order valence-electron chi connectivity index (χ4n) is 3.89. The number of ether oxygens (including phenoxy) is 3. The molecule has 7 heteroatoms. The number of hydrogen-bond acceptors (Lipinski definition) is 6. The first kappa shape index (κ1) is 27.7. The van der Waals surface area contributed by atoms with Crippen LogP contribution in [0, 0.1) is 0 Å². The molecule has 0 heterocycles. The molecular formula is C36H27O6P. The van der Waals surface area contributed by atoms with Crippen LogP contribution in [-0.4, -0.2) is 0 Å². The average molecular weight is 587 g/mol. The Bertz CT molecular complexity index is 1470. The third kappa shape index (κ3) is 8.29. The lowest BCUT2D eigenvalue weighted by atomic mass is 10.3. The number of para-hydroxylation sites is 3. The molecule has 0 amide bonds. The first-order valence-electron chi connectivity index (χ1n) is 13.6. The van der Waals surface area contributed by atoms with Gasteiger partial charge >= 0.3 is 8.60 Å². The fraction of sp³-hybridized carbons (Fsp3) is 0. The molecule has 0 aliphatic rings. The van der Waals surface area contributed by atoms with E-state index in [0.717, 1.165) is 17.2 Å². The molecule has 0 aliphatic heterocycles. The van der Waals surface area contributed by atoms with Crippen LogP contribution in [0.2, 0.25) is 0 Å². The van der Waals surface area contributed by atoms with Crippen molar-refractivity contribution in [3.05, 3.63) is 164 Å². The zero-order valence-electron chi connectivity index (χ0n) is 23.0. The average Bonchev–Trinajstić information content (AvgIpc) is 3.05. The van der Waals surface area contributed by atoms with Crippen molar-refractivity contribution in [1.82, 2.24) is 0 Å². The highest BCUT2D eigenvalue weighted by molar-refractivity contribution is 7.43. The van der Waals surface area contributed by atoms with Gasteiger partial charge in [-0.05, 0) is 109 Å². The highest BCUT2D eigenvalue weighted by Gasteiger charge is 2.20. The van der Waals surface area contributed by atoms with Gasteiger partial charge in [0.1, 0.15) is 51.7 Å². The molecule has 0 saturated carbocycles. The van der Waals surface area contributed by atoms with E-state index >= 15 is 0 Å². The van der Waals surface area contributed by atoms with Gasteiger partial charge in [-0.1, -0.05) is 54.6 Å². The Balaban J connectivity index is 1.15. The predicted molar refractivity (Wildman–Crippen MR) is 168 cm³/mol. The summed E-state index contributed by atoms with van der Waals surface area (Å²) >= 11 is 0. The molecule has 212 valence electrons. The SMILES string of the molecule is c1ccc(Oc2ccc(OP(Oc3ccc(Oc4ccccc4)cc3)Oc3ccc(Oc4ccccc4)cc3)cc2)cc1. The molecule has 6 nitrogen and oxygen atoms in total. The van der Waals surface area contributed by atoms with Crippen molar-refractivity contribution >= 4 is 8.60 Å². The Kier molecular flexibility index (Phi) is 8.99. The molecule has 0 radical (unpaired) electrons. The minimum atomic E-state index is -1.89. The summed E-state index contributed by atoms with van der Waals surface area (Å²) in [7, 11) is -1.89. The second kappa shape index (κ2) is 13.9. The molecule has 0 saturated heterocycles. The lowest BCUT2D eigenvalue weighted by Gasteiger charge is -2.18. The molecule has 0 fully saturated rings. The van der Waals surface area contributed by atoms with Crippen molar-refractivity contribution in [1.29, 1.82) is 0 Å². The first-order valence-corrected chi connectivity index (χ1v) is 14.7. The minimum Gasteiger partial charge on any atom is -0.457 e. The summed E-state index contributed by atoms with van der Waals surface area (Å²) in [5.41, 5.74) is 0. The summed E-state index contributed by atoms with van der Waals surface area (Å²) < 4.78 is 36.2. The van der Waals surface area contributed by atoms with Gasteiger partial charge in [0.2, 0.25) is 0 Å². The molecule has 0 aliphatic carbocycles. The molecule has 0 aromatic heterocycles. The smallest absolute Gasteiger partial charge is 0.457 e. The van der Waals surface area contributed by atoms with Gasteiger partial charge in [-0.25, -0.2) is 0 Å². The van der Waals surface area contributed by atoms with Crippen LogP contribution in [0.5, 0.6) is 51.7 Å². The number of rotatable bonds is 12. The van der Waals surface area contributed by atoms with E-state index in [0.29, 0.717) is 34.5 Å². The van der Waals surface area contributed by atoms with Gasteiger partial charge in [0.25, 0.3) is 0 Å². The first-order chi connectivity index (χ1) is 21.2. The van der Waals surface area contributed by atoms with Crippen LogP contribution in [0.4, 0.5) is 0 Å². The van der Waals surface area contributed by atoms with Crippen molar-refractivity contribution in [3.63, 3.8) is 0 Å². The molecular weight excluding hydrogens is 559 g/mol. The van der Waals surface area contributed by atoms with Crippen LogP contribution in [0.25, 0.3) is 0 Å². The Labute approximate surface area is 251 Å². The minimum absolute atomic E-state index is 0.569. The van der Waals surface area contributed by atoms with Gasteiger partial charge in [0.15, 0.2) is 0 Å². The number of benzene rings is 6. The van der Waals surface area contributed by atoms with E-state index in [2.05, 4.69) is 0 Å². The molecule has 0 atom stereocenters. The third-order valence-corrected chi connectivity index (χ3v) is 7.03. The molecule has 6 rings (SSSR count). The summed E-state index contributed by atoms with van der Waals surface area (Å²) in [5.74, 6) is 6.03. The van der Waals surface area contributed by atoms with Gasteiger partial charge in [-0.2, -0.15) is 0 Å². The fourth-order valence-corrected chi connectivity index (χ4v) is 4.89. The highest BCUT2D eigenvalue weighted by atomic mass is 31.2. The van der Waals surface area contributed by atoms with Crippen molar-refractivity contribution in [2.45, 2.75) is 0 Å². The third-order valence-electron chi connectivity index (χ3n) is 5.95. The Morgan fingerprint density at radius 2 is 0.442 bits per heavy atom. The summed E-state index contributed by atoms with van der Waals surface area (Å²) in [4.78, 5) is 0. The highest BCUT2D eigenvalue weighted by Crippen LogP contribution is 2.43. The van der Waals surface area contributed by atoms with Gasteiger partial charge in [-0.3, -0.25) is 0 Å². The monoisotopic (exact) mass is 586 g/mol. The van der Waals surface area contributed by atoms with E-state index in [1.807, 2.05) is 164 Å². The van der Waals surface area contributed by atoms with Crippen molar-refractivity contribution < 1.29 is 27.8 Å². The predicted octanol–water partition coefficient (Wildman–Crippen LogP) is 10.8. The van der Waals surface area contributed by atoms with Crippen LogP contribution in [-0.2, 0) is 0 Å². The van der Waals surface area contributed by atoms with Crippen LogP contribution in [0.15, 0.2) is 164 Å². The summed E-state index contributed by atoms with van der Waals surface area (Å²) in [6, 6.07) is 50.7. The Hall–Kier alpha value is -5.45. The Morgan fingerprint density at radius 3 is 0.698 bits per heavy atom. The quantitative estimate of drug-likeness (QED) is 0.133. The van der Waals surface area contributed by atoms with E-state index in [1.165, 1.54) is 0 Å². The van der Waals surface area contributed by atoms with Crippen LogP contribution in [0.1, 0.15) is 0 Å². The van der Waals surface area contributed by atoms with Crippen LogP contribution < -0.4 is 27.8 Å². The second-order valence-corrected chi connectivity index (χ2v) is 10.2. The zero-order valence-corrected chi connectivity index (χ0v) is 23.9. The van der Waals surface area contributed by atoms with E-state index in [1.54, 1.807) is 0 Å². The van der Waals surface area contributed by atoms with Crippen LogP contribution >= 0.6 is 8.60 Å². The maximum absolute atomic E-state index is 6.18. The summed E-state index contributed by atoms with van der Waals surface area (Å²) in [6.45, 7) is 0. The zero-order chi connectivity index (χ0) is 29.1. The maximum atomic E-state index is 6.18. The molecule has 6 aromatic carbocycles. The van der Waals surface area contributed by atoms with Crippen LogP contribution in [0.3, 0.4) is 0 Å². The number of hydrogen-bond donors (Lipinski definition) is 0. The summed E-state index contributed by atoms with van der Waals surface area (Å²) in [6.07, 6.45) is 0. The van der Waals surface area contributed by atoms with Gasteiger partial charge in [-0.15, -0.1) is 0 Å². The summed E-state index contributed by atoms with van der Waals surface area (Å²) in [5, 5.41) is 0. The lowest BCUT2D eigenvalue weighted by molar-refractivity contribution is 0.386. The van der Waals surface area contributed by atoms with E-state index in [4.69, 9.17) is 27.8 Å². The standard InChI is InChI=1S/C36H27O6P/c1-4-10-28(11-5-1)37-31-16-22-34(23-17-31)40-43(41-35-24-18-32(19-25-35)38-29-12-6-2-7-13-29)42-36-26-20-33(21-27-36)39-30-14-8-3-9-15-30/h1-27H. The molecule has 0 unspecified atom stereocenters. The molecule has 6 aromatic rings. The Morgan fingerprint density at radius 1 is 0.233 bits per heavy atom. The van der Waals surface area contributed by atoms with Gasteiger partial charge < -0.3 is 27.8 Å². The maximum Gasteiger partial charge on any atom is 0.530 e. The van der Waals surface area contributed by atoms with Gasteiger partial charge in [0, 0.05) is 0 Å².